The van der Waals surface area contributed by atoms with E-state index in [-0.39, 0.29) is 0 Å². The normalized spacial score (nSPS) is 11.9. The number of hydrogen-bond acceptors (Lipinski definition) is 3. The lowest BCUT2D eigenvalue weighted by molar-refractivity contribution is 0.298. The molecule has 0 fully saturated rings. The van der Waals surface area contributed by atoms with Gasteiger partial charge in [-0.25, -0.2) is 8.54 Å². The Morgan fingerprint density at radius 2 is 1.33 bits per heavy atom. The monoisotopic (exact) mass is 298 g/mol. The molecule has 0 rings (SSSR count). The van der Waals surface area contributed by atoms with Crippen LogP contribution < -0.4 is 0 Å². The fourth-order valence-electron chi connectivity index (χ4n) is 1.75. The van der Waals surface area contributed by atoms with E-state index in [9.17, 15) is 4.57 Å². The summed E-state index contributed by atoms with van der Waals surface area (Å²) in [7, 11) is -4.28. The lowest BCUT2D eigenvalue weighted by Gasteiger charge is -2.03. The Hall–Kier alpha value is 0.460. The van der Waals surface area contributed by atoms with Gasteiger partial charge >= 0.3 is 7.82 Å². The van der Waals surface area contributed by atoms with Crippen molar-refractivity contribution in [1.82, 2.24) is 0 Å². The maximum atomic E-state index is 10.4. The van der Waals surface area contributed by atoms with E-state index in [1.54, 1.807) is 0 Å². The van der Waals surface area contributed by atoms with Gasteiger partial charge in [0.2, 0.25) is 0 Å². The van der Waals surface area contributed by atoms with Crippen LogP contribution in [0.2, 0.25) is 0 Å². The molecule has 0 radical (unpaired) electrons. The van der Waals surface area contributed by atoms with Crippen LogP contribution >= 0.6 is 19.9 Å². The Balaban J connectivity index is 3.01. The lowest BCUT2D eigenvalue weighted by Crippen LogP contribution is -1.85. The van der Waals surface area contributed by atoms with Crippen molar-refractivity contribution in [2.24, 2.45) is 0 Å². The van der Waals surface area contributed by atoms with Crippen LogP contribution in [0, 0.1) is 0 Å². The molecule has 0 heterocycles. The molecule has 0 aromatic rings. The van der Waals surface area contributed by atoms with Crippen molar-refractivity contribution in [1.29, 1.82) is 0 Å². The van der Waals surface area contributed by atoms with Crippen molar-refractivity contribution in [3.05, 3.63) is 0 Å². The van der Waals surface area contributed by atoms with Crippen LogP contribution in [0.15, 0.2) is 0 Å². The summed E-state index contributed by atoms with van der Waals surface area (Å²) in [4.78, 5) is 16.9. The van der Waals surface area contributed by atoms with E-state index in [0.717, 1.165) is 24.9 Å². The van der Waals surface area contributed by atoms with Crippen LogP contribution in [0.3, 0.4) is 0 Å². The van der Waals surface area contributed by atoms with Crippen molar-refractivity contribution < 1.29 is 18.3 Å². The van der Waals surface area contributed by atoms with E-state index in [1.807, 2.05) is 0 Å². The molecule has 0 spiro atoms. The van der Waals surface area contributed by atoms with Crippen molar-refractivity contribution in [3.63, 3.8) is 0 Å². The van der Waals surface area contributed by atoms with Gasteiger partial charge < -0.3 is 9.79 Å². The highest BCUT2D eigenvalue weighted by atomic mass is 32.2. The van der Waals surface area contributed by atoms with Gasteiger partial charge in [0.05, 0.1) is 0 Å². The van der Waals surface area contributed by atoms with Crippen LogP contribution in [-0.2, 0) is 8.54 Å². The molecule has 0 unspecified atom stereocenters. The van der Waals surface area contributed by atoms with Gasteiger partial charge in [0.15, 0.2) is 0 Å². The minimum absolute atomic E-state index is 0.654. The molecule has 110 valence electrons. The molecular formula is C12H27O4PS. The first-order chi connectivity index (χ1) is 8.56. The zero-order valence-corrected chi connectivity index (χ0v) is 13.1. The van der Waals surface area contributed by atoms with Gasteiger partial charge in [-0.05, 0) is 6.42 Å². The highest BCUT2D eigenvalue weighted by molar-refractivity contribution is 7.97. The Morgan fingerprint density at radius 1 is 0.889 bits per heavy atom. The minimum atomic E-state index is -4.28. The van der Waals surface area contributed by atoms with Gasteiger partial charge in [-0.15, -0.1) is 0 Å². The predicted octanol–water partition coefficient (Wildman–Crippen LogP) is 4.66. The molecule has 0 aliphatic heterocycles. The third-order valence-corrected chi connectivity index (χ3v) is 4.38. The van der Waals surface area contributed by atoms with Crippen molar-refractivity contribution in [2.75, 3.05) is 5.75 Å². The molecule has 0 aliphatic carbocycles. The van der Waals surface area contributed by atoms with Gasteiger partial charge in [0, 0.05) is 17.8 Å². The van der Waals surface area contributed by atoms with E-state index in [0.29, 0.717) is 5.75 Å². The molecule has 0 aromatic carbocycles. The summed E-state index contributed by atoms with van der Waals surface area (Å²) < 4.78 is 14.7. The molecule has 0 atom stereocenters. The first kappa shape index (κ1) is 18.5. The second kappa shape index (κ2) is 12.5. The second-order valence-corrected chi connectivity index (χ2v) is 6.79. The van der Waals surface area contributed by atoms with Crippen molar-refractivity contribution in [2.45, 2.75) is 71.1 Å². The minimum Gasteiger partial charge on any atom is -0.302 e. The number of hydrogen-bond donors (Lipinski definition) is 2. The van der Waals surface area contributed by atoms with Crippen LogP contribution in [0.4, 0.5) is 0 Å². The molecule has 0 saturated heterocycles. The standard InChI is InChI=1S/C12H27O4PS/c1-2-3-4-5-6-7-8-9-10-11-12-18-16-17(13,14)15/h2-12H2,1H3,(H2,13,14,15). The lowest BCUT2D eigenvalue weighted by atomic mass is 10.1. The van der Waals surface area contributed by atoms with E-state index >= 15 is 0 Å². The first-order valence-electron chi connectivity index (χ1n) is 6.93. The first-order valence-corrected chi connectivity index (χ1v) is 9.37. The maximum Gasteiger partial charge on any atom is 0.480 e. The van der Waals surface area contributed by atoms with E-state index in [4.69, 9.17) is 9.79 Å². The van der Waals surface area contributed by atoms with E-state index < -0.39 is 7.82 Å². The molecule has 0 aliphatic rings. The number of rotatable bonds is 13. The fraction of sp³-hybridized carbons (Fsp3) is 1.00. The molecule has 0 saturated carbocycles. The summed E-state index contributed by atoms with van der Waals surface area (Å²) in [6, 6.07) is 0. The van der Waals surface area contributed by atoms with Gasteiger partial charge in [-0.3, -0.25) is 0 Å². The summed E-state index contributed by atoms with van der Waals surface area (Å²) >= 11 is 0.874. The molecule has 0 bridgehead atoms. The van der Waals surface area contributed by atoms with Crippen molar-refractivity contribution >= 4 is 19.9 Å². The van der Waals surface area contributed by atoms with E-state index in [2.05, 4.69) is 10.9 Å². The van der Waals surface area contributed by atoms with Gasteiger partial charge in [0.1, 0.15) is 0 Å². The third-order valence-electron chi connectivity index (χ3n) is 2.73. The van der Waals surface area contributed by atoms with Crippen LogP contribution in [-0.4, -0.2) is 15.5 Å². The molecule has 2 N–H and O–H groups in total. The Bertz CT molecular complexity index is 220. The van der Waals surface area contributed by atoms with Crippen LogP contribution in [0.5, 0.6) is 0 Å². The SMILES string of the molecule is CCCCCCCCCCCCSOP(=O)(O)O. The molecular weight excluding hydrogens is 271 g/mol. The predicted molar refractivity (Wildman–Crippen MR) is 77.4 cm³/mol. The maximum absolute atomic E-state index is 10.4. The molecule has 18 heavy (non-hydrogen) atoms. The van der Waals surface area contributed by atoms with Gasteiger partial charge in [-0.2, -0.15) is 0 Å². The van der Waals surface area contributed by atoms with Crippen LogP contribution in [0.1, 0.15) is 71.1 Å². The largest absolute Gasteiger partial charge is 0.480 e. The quantitative estimate of drug-likeness (QED) is 0.294. The van der Waals surface area contributed by atoms with E-state index in [1.165, 1.54) is 51.4 Å². The molecule has 4 nitrogen and oxygen atoms in total. The second-order valence-electron chi connectivity index (χ2n) is 4.57. The smallest absolute Gasteiger partial charge is 0.302 e. The highest BCUT2D eigenvalue weighted by Crippen LogP contribution is 2.41. The highest BCUT2D eigenvalue weighted by Gasteiger charge is 2.13. The Morgan fingerprint density at radius 3 is 1.78 bits per heavy atom. The summed E-state index contributed by atoms with van der Waals surface area (Å²) in [5, 5.41) is 0. The average molecular weight is 298 g/mol. The fourth-order valence-corrected chi connectivity index (χ4v) is 2.92. The summed E-state index contributed by atoms with van der Waals surface area (Å²) in [5.74, 6) is 0.654. The zero-order chi connectivity index (χ0) is 13.7. The number of unbranched alkanes of at least 4 members (excludes halogenated alkanes) is 9. The molecule has 0 aromatic heterocycles. The Labute approximate surface area is 115 Å². The topological polar surface area (TPSA) is 66.8 Å². The van der Waals surface area contributed by atoms with Crippen LogP contribution in [0.25, 0.3) is 0 Å². The average Bonchev–Trinajstić information content (AvgIpc) is 2.29. The molecule has 6 heteroatoms. The number of phosphoric acid groups is 1. The summed E-state index contributed by atoms with van der Waals surface area (Å²) in [5.41, 5.74) is 0. The van der Waals surface area contributed by atoms with Gasteiger partial charge in [-0.1, -0.05) is 64.7 Å². The van der Waals surface area contributed by atoms with Gasteiger partial charge in [0.25, 0.3) is 0 Å². The Kier molecular flexibility index (Phi) is 12.8. The summed E-state index contributed by atoms with van der Waals surface area (Å²) in [6.45, 7) is 2.23. The summed E-state index contributed by atoms with van der Waals surface area (Å²) in [6.07, 6.45) is 12.6. The van der Waals surface area contributed by atoms with Crippen molar-refractivity contribution in [3.8, 4) is 0 Å². The third kappa shape index (κ3) is 16.5. The zero-order valence-electron chi connectivity index (χ0n) is 11.3. The molecule has 0 amide bonds.